The van der Waals surface area contributed by atoms with Gasteiger partial charge in [-0.05, 0) is 43.0 Å². The summed E-state index contributed by atoms with van der Waals surface area (Å²) in [6.45, 7) is 1.65. The second kappa shape index (κ2) is 5.37. The van der Waals surface area contributed by atoms with Crippen molar-refractivity contribution in [3.63, 3.8) is 0 Å². The molecule has 0 aliphatic rings. The molecule has 1 heterocycles. The molecule has 0 unspecified atom stereocenters. The van der Waals surface area contributed by atoms with E-state index in [-0.39, 0.29) is 5.56 Å². The third-order valence-corrected chi connectivity index (χ3v) is 3.35. The molecule has 92 valence electrons. The summed E-state index contributed by atoms with van der Waals surface area (Å²) in [7, 11) is 0. The molecule has 1 aromatic carbocycles. The molecule has 0 saturated heterocycles. The van der Waals surface area contributed by atoms with Crippen LogP contribution in [0.2, 0.25) is 5.02 Å². The molecule has 0 amide bonds. The first kappa shape index (κ1) is 12.9. The van der Waals surface area contributed by atoms with Gasteiger partial charge in [-0.25, -0.2) is 14.8 Å². The van der Waals surface area contributed by atoms with Gasteiger partial charge in [0.15, 0.2) is 5.16 Å². The van der Waals surface area contributed by atoms with Gasteiger partial charge in [0, 0.05) is 16.1 Å². The van der Waals surface area contributed by atoms with Crippen LogP contribution in [0.4, 0.5) is 0 Å². The van der Waals surface area contributed by atoms with Gasteiger partial charge in [-0.3, -0.25) is 0 Å². The van der Waals surface area contributed by atoms with E-state index < -0.39 is 5.97 Å². The third kappa shape index (κ3) is 3.00. The van der Waals surface area contributed by atoms with Crippen LogP contribution in [0.5, 0.6) is 0 Å². The van der Waals surface area contributed by atoms with Crippen LogP contribution in [0.25, 0.3) is 0 Å². The van der Waals surface area contributed by atoms with E-state index in [1.807, 2.05) is 12.1 Å². The van der Waals surface area contributed by atoms with Crippen molar-refractivity contribution in [1.82, 2.24) is 9.97 Å². The Labute approximate surface area is 113 Å². The number of rotatable bonds is 3. The lowest BCUT2D eigenvalue weighted by Crippen LogP contribution is -2.03. The van der Waals surface area contributed by atoms with Gasteiger partial charge in [-0.15, -0.1) is 0 Å². The van der Waals surface area contributed by atoms with Gasteiger partial charge in [0.25, 0.3) is 0 Å². The van der Waals surface area contributed by atoms with E-state index in [9.17, 15) is 4.79 Å². The van der Waals surface area contributed by atoms with Gasteiger partial charge in [-0.2, -0.15) is 0 Å². The van der Waals surface area contributed by atoms with Crippen LogP contribution in [0.15, 0.2) is 40.5 Å². The fourth-order valence-electron chi connectivity index (χ4n) is 1.31. The van der Waals surface area contributed by atoms with E-state index >= 15 is 0 Å². The van der Waals surface area contributed by atoms with Gasteiger partial charge in [0.05, 0.1) is 11.3 Å². The SMILES string of the molecule is Cc1nc(Sc2ccc(Cl)cc2)ncc1C(=O)O. The number of halogens is 1. The van der Waals surface area contributed by atoms with Crippen LogP contribution < -0.4 is 0 Å². The lowest BCUT2D eigenvalue weighted by Gasteiger charge is -2.03. The van der Waals surface area contributed by atoms with Crippen LogP contribution in [0, 0.1) is 6.92 Å². The Morgan fingerprint density at radius 1 is 1.33 bits per heavy atom. The first-order chi connectivity index (χ1) is 8.56. The molecule has 0 bridgehead atoms. The predicted molar refractivity (Wildman–Crippen MR) is 69.3 cm³/mol. The standard InChI is InChI=1S/C12H9ClN2O2S/c1-7-10(11(16)17)6-14-12(15-7)18-9-4-2-8(13)3-5-9/h2-6H,1H3,(H,16,17). The van der Waals surface area contributed by atoms with Gasteiger partial charge in [0.1, 0.15) is 0 Å². The van der Waals surface area contributed by atoms with Crippen LogP contribution in [0.3, 0.4) is 0 Å². The van der Waals surface area contributed by atoms with Crippen molar-refractivity contribution in [1.29, 1.82) is 0 Å². The molecule has 0 aliphatic heterocycles. The highest BCUT2D eigenvalue weighted by Gasteiger charge is 2.10. The number of nitrogens with zero attached hydrogens (tertiary/aromatic N) is 2. The Kier molecular flexibility index (Phi) is 3.84. The van der Waals surface area contributed by atoms with E-state index in [2.05, 4.69) is 9.97 Å². The molecule has 18 heavy (non-hydrogen) atoms. The van der Waals surface area contributed by atoms with Crippen molar-refractivity contribution in [3.8, 4) is 0 Å². The van der Waals surface area contributed by atoms with Gasteiger partial charge in [0.2, 0.25) is 0 Å². The number of aromatic carboxylic acids is 1. The maximum Gasteiger partial charge on any atom is 0.339 e. The van der Waals surface area contributed by atoms with Crippen LogP contribution in [0.1, 0.15) is 16.1 Å². The van der Waals surface area contributed by atoms with Crippen molar-refractivity contribution in [3.05, 3.63) is 46.7 Å². The Hall–Kier alpha value is -1.59. The van der Waals surface area contributed by atoms with E-state index in [0.717, 1.165) is 4.90 Å². The van der Waals surface area contributed by atoms with Gasteiger partial charge >= 0.3 is 5.97 Å². The molecule has 0 saturated carbocycles. The number of carbonyl (C=O) groups is 1. The van der Waals surface area contributed by atoms with Crippen molar-refractivity contribution >= 4 is 29.3 Å². The fourth-order valence-corrected chi connectivity index (χ4v) is 2.21. The number of hydrogen-bond donors (Lipinski definition) is 1. The lowest BCUT2D eigenvalue weighted by atomic mass is 10.2. The molecule has 0 fully saturated rings. The minimum Gasteiger partial charge on any atom is -0.478 e. The highest BCUT2D eigenvalue weighted by molar-refractivity contribution is 7.99. The molecule has 0 spiro atoms. The Morgan fingerprint density at radius 3 is 2.56 bits per heavy atom. The van der Waals surface area contributed by atoms with E-state index in [0.29, 0.717) is 15.9 Å². The number of carboxylic acids is 1. The topological polar surface area (TPSA) is 63.1 Å². The number of aromatic nitrogens is 2. The summed E-state index contributed by atoms with van der Waals surface area (Å²) in [4.78, 5) is 19.9. The first-order valence-electron chi connectivity index (χ1n) is 5.06. The molecule has 0 atom stereocenters. The predicted octanol–water partition coefficient (Wildman–Crippen LogP) is 3.29. The summed E-state index contributed by atoms with van der Waals surface area (Å²) >= 11 is 7.15. The summed E-state index contributed by atoms with van der Waals surface area (Å²) in [6.07, 6.45) is 1.32. The molecule has 6 heteroatoms. The zero-order valence-corrected chi connectivity index (χ0v) is 11.0. The number of hydrogen-bond acceptors (Lipinski definition) is 4. The summed E-state index contributed by atoms with van der Waals surface area (Å²) in [6, 6.07) is 7.28. The number of carboxylic acid groups (broad SMARTS) is 1. The van der Waals surface area contributed by atoms with Crippen molar-refractivity contribution < 1.29 is 9.90 Å². The molecule has 2 aromatic rings. The van der Waals surface area contributed by atoms with Crippen molar-refractivity contribution in [2.24, 2.45) is 0 Å². The van der Waals surface area contributed by atoms with E-state index in [1.54, 1.807) is 19.1 Å². The average molecular weight is 281 g/mol. The van der Waals surface area contributed by atoms with Crippen molar-refractivity contribution in [2.75, 3.05) is 0 Å². The van der Waals surface area contributed by atoms with Crippen LogP contribution in [-0.4, -0.2) is 21.0 Å². The highest BCUT2D eigenvalue weighted by atomic mass is 35.5. The second-order valence-electron chi connectivity index (χ2n) is 3.51. The molecule has 0 aliphatic carbocycles. The third-order valence-electron chi connectivity index (χ3n) is 2.21. The molecule has 0 radical (unpaired) electrons. The Balaban J connectivity index is 2.22. The molecule has 1 N–H and O–H groups in total. The first-order valence-corrected chi connectivity index (χ1v) is 6.26. The zero-order chi connectivity index (χ0) is 13.1. The fraction of sp³-hybridized carbons (Fsp3) is 0.0833. The lowest BCUT2D eigenvalue weighted by molar-refractivity contribution is 0.0695. The minimum absolute atomic E-state index is 0.121. The molecule has 4 nitrogen and oxygen atoms in total. The Morgan fingerprint density at radius 2 is 2.00 bits per heavy atom. The normalized spacial score (nSPS) is 10.3. The second-order valence-corrected chi connectivity index (χ2v) is 4.99. The minimum atomic E-state index is -1.02. The quantitative estimate of drug-likeness (QED) is 0.874. The monoisotopic (exact) mass is 280 g/mol. The maximum absolute atomic E-state index is 10.8. The van der Waals surface area contributed by atoms with Crippen molar-refractivity contribution in [2.45, 2.75) is 17.0 Å². The molecular formula is C12H9ClN2O2S. The highest BCUT2D eigenvalue weighted by Crippen LogP contribution is 2.26. The maximum atomic E-state index is 10.8. The van der Waals surface area contributed by atoms with E-state index in [1.165, 1.54) is 18.0 Å². The summed E-state index contributed by atoms with van der Waals surface area (Å²) in [5.41, 5.74) is 0.574. The largest absolute Gasteiger partial charge is 0.478 e. The summed E-state index contributed by atoms with van der Waals surface area (Å²) in [5, 5.41) is 10.1. The molecule has 1 aromatic heterocycles. The Bertz CT molecular complexity index is 587. The van der Waals surface area contributed by atoms with E-state index in [4.69, 9.17) is 16.7 Å². The number of aryl methyl sites for hydroxylation is 1. The molecular weight excluding hydrogens is 272 g/mol. The average Bonchev–Trinajstić information content (AvgIpc) is 2.32. The van der Waals surface area contributed by atoms with Gasteiger partial charge < -0.3 is 5.11 Å². The smallest absolute Gasteiger partial charge is 0.339 e. The van der Waals surface area contributed by atoms with Crippen LogP contribution in [-0.2, 0) is 0 Å². The van der Waals surface area contributed by atoms with Gasteiger partial charge in [-0.1, -0.05) is 11.6 Å². The summed E-state index contributed by atoms with van der Waals surface area (Å²) < 4.78 is 0. The molecule has 2 rings (SSSR count). The van der Waals surface area contributed by atoms with Crippen LogP contribution >= 0.6 is 23.4 Å². The zero-order valence-electron chi connectivity index (χ0n) is 9.42. The summed E-state index contributed by atoms with van der Waals surface area (Å²) in [5.74, 6) is -1.02. The number of benzene rings is 1.